The highest BCUT2D eigenvalue weighted by Gasteiger charge is 2.12. The number of carboxylic acids is 1. The molecule has 0 aromatic heterocycles. The van der Waals surface area contributed by atoms with Gasteiger partial charge in [-0.2, -0.15) is 0 Å². The maximum absolute atomic E-state index is 10.8. The van der Waals surface area contributed by atoms with Gasteiger partial charge in [0.15, 0.2) is 0 Å². The van der Waals surface area contributed by atoms with Crippen LogP contribution in [0.2, 0.25) is 0 Å². The first-order chi connectivity index (χ1) is 8.90. The van der Waals surface area contributed by atoms with Crippen molar-refractivity contribution in [3.63, 3.8) is 0 Å². The van der Waals surface area contributed by atoms with E-state index < -0.39 is 5.97 Å². The van der Waals surface area contributed by atoms with Crippen LogP contribution in [-0.2, 0) is 4.79 Å². The Morgan fingerprint density at radius 3 is 2.32 bits per heavy atom. The van der Waals surface area contributed by atoms with Crippen LogP contribution in [0.25, 0.3) is 0 Å². The first-order valence-corrected chi connectivity index (χ1v) is 6.60. The van der Waals surface area contributed by atoms with Gasteiger partial charge in [-0.1, -0.05) is 6.92 Å². The molecule has 0 spiro atoms. The number of ether oxygens (including phenoxy) is 1. The maximum atomic E-state index is 10.8. The van der Waals surface area contributed by atoms with E-state index in [2.05, 4.69) is 4.90 Å². The maximum Gasteiger partial charge on any atom is 0.306 e. The fraction of sp³-hybridized carbons (Fsp3) is 0.533. The molecule has 1 rings (SSSR count). The molecule has 0 radical (unpaired) electrons. The zero-order valence-corrected chi connectivity index (χ0v) is 12.1. The number of hydrogen-bond donors (Lipinski definition) is 1. The van der Waals surface area contributed by atoms with Gasteiger partial charge in [-0.15, -0.1) is 0 Å². The topological polar surface area (TPSA) is 49.8 Å². The van der Waals surface area contributed by atoms with E-state index in [1.165, 1.54) is 0 Å². The molecule has 1 atom stereocenters. The van der Waals surface area contributed by atoms with Crippen LogP contribution in [0.4, 0.5) is 5.69 Å². The normalized spacial score (nSPS) is 12.3. The van der Waals surface area contributed by atoms with Gasteiger partial charge in [-0.3, -0.25) is 4.79 Å². The largest absolute Gasteiger partial charge is 0.491 e. The van der Waals surface area contributed by atoms with Crippen molar-refractivity contribution < 1.29 is 14.6 Å². The summed E-state index contributed by atoms with van der Waals surface area (Å²) in [7, 11) is 1.97. The summed E-state index contributed by atoms with van der Waals surface area (Å²) in [5.74, 6) is -0.203. The van der Waals surface area contributed by atoms with Crippen LogP contribution in [0.5, 0.6) is 5.75 Å². The van der Waals surface area contributed by atoms with Crippen LogP contribution in [0.3, 0.4) is 0 Å². The van der Waals surface area contributed by atoms with Gasteiger partial charge >= 0.3 is 5.97 Å². The van der Waals surface area contributed by atoms with Crippen LogP contribution in [0.1, 0.15) is 27.2 Å². The third-order valence-electron chi connectivity index (χ3n) is 2.97. The molecule has 1 N–H and O–H groups in total. The number of anilines is 1. The molecular weight excluding hydrogens is 242 g/mol. The number of nitrogens with zero attached hydrogens (tertiary/aromatic N) is 1. The van der Waals surface area contributed by atoms with Crippen LogP contribution >= 0.6 is 0 Å². The van der Waals surface area contributed by atoms with Crippen molar-refractivity contribution in [1.82, 2.24) is 0 Å². The van der Waals surface area contributed by atoms with Crippen LogP contribution in [-0.4, -0.2) is 30.8 Å². The van der Waals surface area contributed by atoms with Crippen molar-refractivity contribution in [2.75, 3.05) is 18.5 Å². The Balaban J connectivity index is 2.53. The van der Waals surface area contributed by atoms with Crippen LogP contribution in [0, 0.1) is 5.92 Å². The molecule has 1 aromatic rings. The van der Waals surface area contributed by atoms with Crippen molar-refractivity contribution in [1.29, 1.82) is 0 Å². The number of aliphatic carboxylic acids is 1. The van der Waals surface area contributed by atoms with Crippen molar-refractivity contribution in [2.24, 2.45) is 5.92 Å². The average molecular weight is 265 g/mol. The van der Waals surface area contributed by atoms with Gasteiger partial charge < -0.3 is 14.7 Å². The highest BCUT2D eigenvalue weighted by atomic mass is 16.5. The molecule has 0 fully saturated rings. The van der Waals surface area contributed by atoms with Crippen molar-refractivity contribution in [2.45, 2.75) is 33.3 Å². The highest BCUT2D eigenvalue weighted by Crippen LogP contribution is 2.20. The van der Waals surface area contributed by atoms with Crippen molar-refractivity contribution in [3.8, 4) is 5.75 Å². The second-order valence-electron chi connectivity index (χ2n) is 5.11. The van der Waals surface area contributed by atoms with Gasteiger partial charge in [0, 0.05) is 19.3 Å². The van der Waals surface area contributed by atoms with Gasteiger partial charge in [-0.25, -0.2) is 0 Å². The summed E-state index contributed by atoms with van der Waals surface area (Å²) in [6.45, 7) is 6.44. The molecule has 4 nitrogen and oxygen atoms in total. The lowest BCUT2D eigenvalue weighted by molar-refractivity contribution is -0.141. The number of rotatable bonds is 7. The van der Waals surface area contributed by atoms with E-state index in [0.717, 1.165) is 18.0 Å². The lowest BCUT2D eigenvalue weighted by atomic mass is 10.1. The number of hydrogen-bond acceptors (Lipinski definition) is 3. The Kier molecular flexibility index (Phi) is 5.67. The van der Waals surface area contributed by atoms with Gasteiger partial charge in [0.25, 0.3) is 0 Å². The molecule has 0 aliphatic carbocycles. The first-order valence-electron chi connectivity index (χ1n) is 6.60. The lowest BCUT2D eigenvalue weighted by Crippen LogP contribution is -2.22. The van der Waals surface area contributed by atoms with Crippen molar-refractivity contribution >= 4 is 11.7 Å². The predicted molar refractivity (Wildman–Crippen MR) is 76.9 cm³/mol. The minimum Gasteiger partial charge on any atom is -0.491 e. The van der Waals surface area contributed by atoms with E-state index in [4.69, 9.17) is 9.84 Å². The molecule has 1 aromatic carbocycles. The number of carboxylic acid groups (broad SMARTS) is 1. The zero-order valence-electron chi connectivity index (χ0n) is 12.1. The predicted octanol–water partition coefficient (Wildman–Crippen LogP) is 3.02. The fourth-order valence-electron chi connectivity index (χ4n) is 1.69. The van der Waals surface area contributed by atoms with E-state index in [0.29, 0.717) is 6.42 Å². The van der Waals surface area contributed by atoms with Gasteiger partial charge in [0.2, 0.25) is 0 Å². The Labute approximate surface area is 115 Å². The van der Waals surface area contributed by atoms with Crippen LogP contribution in [0.15, 0.2) is 24.3 Å². The van der Waals surface area contributed by atoms with E-state index in [1.54, 1.807) is 6.92 Å². The molecule has 0 bridgehead atoms. The SMILES string of the molecule is CC(C)Oc1ccc(N(C)CCC(C)C(=O)O)cc1. The molecule has 0 saturated carbocycles. The van der Waals surface area contributed by atoms with E-state index in [9.17, 15) is 4.79 Å². The van der Waals surface area contributed by atoms with E-state index in [-0.39, 0.29) is 12.0 Å². The molecule has 0 amide bonds. The van der Waals surface area contributed by atoms with Crippen LogP contribution < -0.4 is 9.64 Å². The Morgan fingerprint density at radius 1 is 1.26 bits per heavy atom. The molecule has 0 aliphatic rings. The Morgan fingerprint density at radius 2 is 1.84 bits per heavy atom. The van der Waals surface area contributed by atoms with Crippen molar-refractivity contribution in [3.05, 3.63) is 24.3 Å². The summed E-state index contributed by atoms with van der Waals surface area (Å²) in [4.78, 5) is 12.8. The average Bonchev–Trinajstić information content (AvgIpc) is 2.35. The molecule has 106 valence electrons. The summed E-state index contributed by atoms with van der Waals surface area (Å²) < 4.78 is 5.58. The smallest absolute Gasteiger partial charge is 0.306 e. The quantitative estimate of drug-likeness (QED) is 0.823. The number of carbonyl (C=O) groups is 1. The minimum absolute atomic E-state index is 0.167. The third kappa shape index (κ3) is 5.20. The molecule has 0 saturated heterocycles. The summed E-state index contributed by atoms with van der Waals surface area (Å²) >= 11 is 0. The van der Waals surface area contributed by atoms with Gasteiger partial charge in [0.1, 0.15) is 5.75 Å². The molecular formula is C15H23NO3. The van der Waals surface area contributed by atoms with E-state index >= 15 is 0 Å². The third-order valence-corrected chi connectivity index (χ3v) is 2.97. The summed E-state index contributed by atoms with van der Waals surface area (Å²) in [6, 6.07) is 7.85. The van der Waals surface area contributed by atoms with Gasteiger partial charge in [-0.05, 0) is 44.5 Å². The minimum atomic E-state index is -0.742. The Bertz CT molecular complexity index is 400. The standard InChI is InChI=1S/C15H23NO3/c1-11(2)19-14-7-5-13(6-8-14)16(4)10-9-12(3)15(17)18/h5-8,11-12H,9-10H2,1-4H3,(H,17,18). The summed E-state index contributed by atoms with van der Waals surface area (Å²) in [5.41, 5.74) is 1.06. The monoisotopic (exact) mass is 265 g/mol. The lowest BCUT2D eigenvalue weighted by Gasteiger charge is -2.21. The fourth-order valence-corrected chi connectivity index (χ4v) is 1.69. The molecule has 4 heteroatoms. The second kappa shape index (κ2) is 7.02. The first kappa shape index (κ1) is 15.3. The molecule has 19 heavy (non-hydrogen) atoms. The Hall–Kier alpha value is -1.71. The van der Waals surface area contributed by atoms with Gasteiger partial charge in [0.05, 0.1) is 12.0 Å². The molecule has 1 unspecified atom stereocenters. The molecule has 0 aliphatic heterocycles. The summed E-state index contributed by atoms with van der Waals surface area (Å²) in [6.07, 6.45) is 0.802. The van der Waals surface area contributed by atoms with E-state index in [1.807, 2.05) is 45.2 Å². The molecule has 0 heterocycles. The zero-order chi connectivity index (χ0) is 14.4. The highest BCUT2D eigenvalue weighted by molar-refractivity contribution is 5.69. The summed E-state index contributed by atoms with van der Waals surface area (Å²) in [5, 5.41) is 8.85. The second-order valence-corrected chi connectivity index (χ2v) is 5.11. The number of benzene rings is 1.